The van der Waals surface area contributed by atoms with Crippen LogP contribution >= 0.6 is 15.9 Å². The Balaban J connectivity index is 2.16. The minimum Gasteiger partial charge on any atom is -0.341 e. The number of anilines is 1. The molecule has 1 aromatic heterocycles. The van der Waals surface area contributed by atoms with Crippen molar-refractivity contribution < 1.29 is 0 Å². The predicted octanol–water partition coefficient (Wildman–Crippen LogP) is 1.88. The largest absolute Gasteiger partial charge is 0.341 e. The molecule has 0 amide bonds. The van der Waals surface area contributed by atoms with E-state index in [0.717, 1.165) is 25.6 Å². The Morgan fingerprint density at radius 1 is 1.69 bits per heavy atom. The van der Waals surface area contributed by atoms with E-state index in [1.54, 1.807) is 0 Å². The highest BCUT2D eigenvalue weighted by molar-refractivity contribution is 9.09. The van der Waals surface area contributed by atoms with Crippen molar-refractivity contribution in [2.24, 2.45) is 0 Å². The Kier molecular flexibility index (Phi) is 2.58. The number of alkyl halides is 1. The second-order valence-corrected chi connectivity index (χ2v) is 4.64. The maximum Gasteiger partial charge on any atom is 0.205 e. The number of hydrogen-bond acceptors (Lipinski definition) is 2. The lowest BCUT2D eigenvalue weighted by Gasteiger charge is -2.17. The van der Waals surface area contributed by atoms with Gasteiger partial charge in [0.15, 0.2) is 0 Å². The summed E-state index contributed by atoms with van der Waals surface area (Å²) in [5, 5.41) is 0. The van der Waals surface area contributed by atoms with E-state index in [9.17, 15) is 0 Å². The molecular formula is C9H14BrN3. The second kappa shape index (κ2) is 3.70. The molecule has 0 aliphatic carbocycles. The standard InChI is InChI=1S/C9H14BrN3/c1-2-12-6-4-11-9(12)13-5-3-8(10)7-13/h4,6,8H,2-3,5,7H2,1H3. The third kappa shape index (κ3) is 1.73. The van der Waals surface area contributed by atoms with Crippen molar-refractivity contribution in [2.75, 3.05) is 18.0 Å². The normalized spacial score (nSPS) is 22.6. The first-order chi connectivity index (χ1) is 6.31. The Bertz CT molecular complexity index is 284. The summed E-state index contributed by atoms with van der Waals surface area (Å²) >= 11 is 3.63. The lowest BCUT2D eigenvalue weighted by Crippen LogP contribution is -2.23. The van der Waals surface area contributed by atoms with Crippen LogP contribution in [0, 0.1) is 0 Å². The van der Waals surface area contributed by atoms with Crippen molar-refractivity contribution in [1.29, 1.82) is 0 Å². The molecule has 1 atom stereocenters. The fraction of sp³-hybridized carbons (Fsp3) is 0.667. The molecule has 2 heterocycles. The number of nitrogens with zero attached hydrogens (tertiary/aromatic N) is 3. The molecule has 1 fully saturated rings. The number of halogens is 1. The topological polar surface area (TPSA) is 21.1 Å². The van der Waals surface area contributed by atoms with Crippen LogP contribution in [-0.2, 0) is 6.54 Å². The molecule has 0 N–H and O–H groups in total. The third-order valence-electron chi connectivity index (χ3n) is 2.45. The summed E-state index contributed by atoms with van der Waals surface area (Å²) in [4.78, 5) is 7.34. The van der Waals surface area contributed by atoms with Crippen LogP contribution in [0.4, 0.5) is 5.95 Å². The summed E-state index contributed by atoms with van der Waals surface area (Å²) in [6.45, 7) is 5.34. The number of hydrogen-bond donors (Lipinski definition) is 0. The summed E-state index contributed by atoms with van der Waals surface area (Å²) < 4.78 is 2.19. The fourth-order valence-electron chi connectivity index (χ4n) is 1.73. The summed E-state index contributed by atoms with van der Waals surface area (Å²) in [6.07, 6.45) is 5.13. The van der Waals surface area contributed by atoms with E-state index in [1.165, 1.54) is 6.42 Å². The zero-order chi connectivity index (χ0) is 9.26. The Labute approximate surface area is 86.9 Å². The van der Waals surface area contributed by atoms with Crippen LogP contribution in [0.5, 0.6) is 0 Å². The average molecular weight is 244 g/mol. The number of aromatic nitrogens is 2. The fourth-order valence-corrected chi connectivity index (χ4v) is 2.28. The summed E-state index contributed by atoms with van der Waals surface area (Å²) in [7, 11) is 0. The van der Waals surface area contributed by atoms with E-state index in [2.05, 4.69) is 37.3 Å². The SMILES string of the molecule is CCn1ccnc1N1CCC(Br)C1. The number of rotatable bonds is 2. The summed E-state index contributed by atoms with van der Waals surface area (Å²) in [6, 6.07) is 0. The van der Waals surface area contributed by atoms with Gasteiger partial charge in [0.05, 0.1) is 0 Å². The van der Waals surface area contributed by atoms with Crippen molar-refractivity contribution in [3.63, 3.8) is 0 Å². The van der Waals surface area contributed by atoms with Crippen LogP contribution in [0.1, 0.15) is 13.3 Å². The number of aryl methyl sites for hydroxylation is 1. The Morgan fingerprint density at radius 3 is 3.15 bits per heavy atom. The first kappa shape index (κ1) is 9.06. The second-order valence-electron chi connectivity index (χ2n) is 3.35. The quantitative estimate of drug-likeness (QED) is 0.740. The van der Waals surface area contributed by atoms with Crippen LogP contribution in [-0.4, -0.2) is 27.5 Å². The van der Waals surface area contributed by atoms with Gasteiger partial charge in [-0.05, 0) is 13.3 Å². The third-order valence-corrected chi connectivity index (χ3v) is 3.20. The molecule has 0 saturated carbocycles. The monoisotopic (exact) mass is 243 g/mol. The molecular weight excluding hydrogens is 230 g/mol. The molecule has 1 saturated heterocycles. The Morgan fingerprint density at radius 2 is 2.54 bits per heavy atom. The molecule has 4 heteroatoms. The minimum absolute atomic E-state index is 0.634. The molecule has 1 aliphatic heterocycles. The van der Waals surface area contributed by atoms with E-state index in [4.69, 9.17) is 0 Å². The van der Waals surface area contributed by atoms with Crippen molar-refractivity contribution in [2.45, 2.75) is 24.7 Å². The molecule has 13 heavy (non-hydrogen) atoms. The molecule has 0 spiro atoms. The maximum atomic E-state index is 4.37. The van der Waals surface area contributed by atoms with Crippen LogP contribution in [0.2, 0.25) is 0 Å². The van der Waals surface area contributed by atoms with Crippen LogP contribution in [0.25, 0.3) is 0 Å². The minimum atomic E-state index is 0.634. The molecule has 1 aromatic rings. The van der Waals surface area contributed by atoms with Gasteiger partial charge in [0.2, 0.25) is 5.95 Å². The van der Waals surface area contributed by atoms with Gasteiger partial charge in [0.1, 0.15) is 0 Å². The first-order valence-electron chi connectivity index (χ1n) is 4.71. The molecule has 3 nitrogen and oxygen atoms in total. The van der Waals surface area contributed by atoms with Gasteiger partial charge in [-0.15, -0.1) is 0 Å². The van der Waals surface area contributed by atoms with Gasteiger partial charge in [-0.3, -0.25) is 0 Å². The smallest absolute Gasteiger partial charge is 0.205 e. The summed E-state index contributed by atoms with van der Waals surface area (Å²) in [5.41, 5.74) is 0. The maximum absolute atomic E-state index is 4.37. The molecule has 1 aliphatic rings. The molecule has 0 bridgehead atoms. The highest BCUT2D eigenvalue weighted by Crippen LogP contribution is 2.22. The van der Waals surface area contributed by atoms with E-state index >= 15 is 0 Å². The van der Waals surface area contributed by atoms with E-state index in [-0.39, 0.29) is 0 Å². The van der Waals surface area contributed by atoms with Gasteiger partial charge in [0, 0.05) is 36.9 Å². The highest BCUT2D eigenvalue weighted by Gasteiger charge is 2.22. The lowest BCUT2D eigenvalue weighted by atomic mass is 10.4. The van der Waals surface area contributed by atoms with E-state index in [0.29, 0.717) is 4.83 Å². The summed E-state index contributed by atoms with van der Waals surface area (Å²) in [5.74, 6) is 1.12. The molecule has 1 unspecified atom stereocenters. The van der Waals surface area contributed by atoms with E-state index < -0.39 is 0 Å². The van der Waals surface area contributed by atoms with Crippen molar-refractivity contribution in [3.8, 4) is 0 Å². The van der Waals surface area contributed by atoms with E-state index in [1.807, 2.05) is 12.4 Å². The molecule has 72 valence electrons. The Hall–Kier alpha value is -0.510. The van der Waals surface area contributed by atoms with Crippen LogP contribution in [0.3, 0.4) is 0 Å². The highest BCUT2D eigenvalue weighted by atomic mass is 79.9. The van der Waals surface area contributed by atoms with Gasteiger partial charge in [-0.25, -0.2) is 4.98 Å². The van der Waals surface area contributed by atoms with Crippen LogP contribution in [0.15, 0.2) is 12.4 Å². The molecule has 0 radical (unpaired) electrons. The van der Waals surface area contributed by atoms with Gasteiger partial charge < -0.3 is 9.47 Å². The van der Waals surface area contributed by atoms with Gasteiger partial charge >= 0.3 is 0 Å². The van der Waals surface area contributed by atoms with Crippen LogP contribution < -0.4 is 4.90 Å². The van der Waals surface area contributed by atoms with Gasteiger partial charge in [-0.1, -0.05) is 15.9 Å². The van der Waals surface area contributed by atoms with Gasteiger partial charge in [0.25, 0.3) is 0 Å². The lowest BCUT2D eigenvalue weighted by molar-refractivity contribution is 0.731. The molecule has 0 aromatic carbocycles. The number of imidazole rings is 1. The average Bonchev–Trinajstić information content (AvgIpc) is 2.71. The van der Waals surface area contributed by atoms with Crippen molar-refractivity contribution in [3.05, 3.63) is 12.4 Å². The molecule has 2 rings (SSSR count). The zero-order valence-corrected chi connectivity index (χ0v) is 9.37. The first-order valence-corrected chi connectivity index (χ1v) is 5.63. The zero-order valence-electron chi connectivity index (χ0n) is 7.78. The van der Waals surface area contributed by atoms with Gasteiger partial charge in [-0.2, -0.15) is 0 Å². The van der Waals surface area contributed by atoms with Crippen molar-refractivity contribution in [1.82, 2.24) is 9.55 Å². The predicted molar refractivity (Wildman–Crippen MR) is 57.4 cm³/mol. The van der Waals surface area contributed by atoms with Crippen molar-refractivity contribution >= 4 is 21.9 Å².